The van der Waals surface area contributed by atoms with Crippen LogP contribution in [0.1, 0.15) is 16.1 Å². The number of primary amides is 1. The summed E-state index contributed by atoms with van der Waals surface area (Å²) in [6.45, 7) is 1.71. The van der Waals surface area contributed by atoms with Crippen molar-refractivity contribution < 1.29 is 18.3 Å². The second-order valence-corrected chi connectivity index (χ2v) is 4.20. The maximum atomic E-state index is 13.5. The van der Waals surface area contributed by atoms with E-state index in [4.69, 9.17) is 10.5 Å². The van der Waals surface area contributed by atoms with Crippen LogP contribution in [-0.2, 0) is 0 Å². The van der Waals surface area contributed by atoms with E-state index in [-0.39, 0.29) is 16.9 Å². The van der Waals surface area contributed by atoms with Crippen molar-refractivity contribution in [1.29, 1.82) is 0 Å². The monoisotopic (exact) mass is 278 g/mol. The molecular formula is C14H12F2N2O2. The minimum atomic E-state index is -1.04. The highest BCUT2D eigenvalue weighted by Gasteiger charge is 2.17. The maximum absolute atomic E-state index is 13.5. The van der Waals surface area contributed by atoms with E-state index in [9.17, 15) is 13.6 Å². The molecule has 2 aromatic rings. The predicted octanol–water partition coefficient (Wildman–Crippen LogP) is 2.44. The first-order chi connectivity index (χ1) is 9.43. The number of aromatic nitrogens is 1. The quantitative estimate of drug-likeness (QED) is 0.937. The highest BCUT2D eigenvalue weighted by molar-refractivity contribution is 6.00. The molecule has 104 valence electrons. The lowest BCUT2D eigenvalue weighted by Gasteiger charge is -2.12. The zero-order chi connectivity index (χ0) is 14.9. The number of carbonyl (C=O) groups is 1. The molecule has 0 saturated carbocycles. The Morgan fingerprint density at radius 2 is 1.85 bits per heavy atom. The van der Waals surface area contributed by atoms with E-state index in [0.29, 0.717) is 11.3 Å². The summed E-state index contributed by atoms with van der Waals surface area (Å²) in [5.41, 5.74) is 6.58. The summed E-state index contributed by atoms with van der Waals surface area (Å²) in [7, 11) is 1.33. The number of hydrogen-bond acceptors (Lipinski definition) is 3. The van der Waals surface area contributed by atoms with Gasteiger partial charge in [-0.05, 0) is 19.1 Å². The smallest absolute Gasteiger partial charge is 0.250 e. The Hall–Kier alpha value is -2.50. The number of methoxy groups -OCH3 is 1. The molecule has 0 aliphatic rings. The normalized spacial score (nSPS) is 10.4. The lowest BCUT2D eigenvalue weighted by molar-refractivity contribution is 0.100. The van der Waals surface area contributed by atoms with Crippen LogP contribution in [0.5, 0.6) is 5.75 Å². The van der Waals surface area contributed by atoms with Crippen molar-refractivity contribution >= 4 is 5.91 Å². The molecule has 0 bridgehead atoms. The highest BCUT2D eigenvalue weighted by Crippen LogP contribution is 2.34. The van der Waals surface area contributed by atoms with Crippen LogP contribution >= 0.6 is 0 Å². The Morgan fingerprint density at radius 1 is 1.20 bits per heavy atom. The number of halogens is 2. The van der Waals surface area contributed by atoms with Gasteiger partial charge in [0, 0.05) is 29.1 Å². The van der Waals surface area contributed by atoms with Crippen molar-refractivity contribution in [2.75, 3.05) is 7.11 Å². The molecule has 1 aromatic carbocycles. The molecule has 0 unspecified atom stereocenters. The first-order valence-corrected chi connectivity index (χ1v) is 5.74. The van der Waals surface area contributed by atoms with Crippen LogP contribution < -0.4 is 10.5 Å². The van der Waals surface area contributed by atoms with Gasteiger partial charge in [0.15, 0.2) is 11.6 Å². The van der Waals surface area contributed by atoms with E-state index in [2.05, 4.69) is 4.98 Å². The molecule has 1 amide bonds. The Bertz CT molecular complexity index is 687. The summed E-state index contributed by atoms with van der Waals surface area (Å²) in [5.74, 6) is -2.67. The van der Waals surface area contributed by atoms with Crippen LogP contribution in [0, 0.1) is 18.6 Å². The number of nitrogens with zero attached hydrogens (tertiary/aromatic N) is 1. The van der Waals surface area contributed by atoms with Gasteiger partial charge in [-0.15, -0.1) is 0 Å². The molecule has 1 aromatic heterocycles. The Kier molecular flexibility index (Phi) is 3.65. The van der Waals surface area contributed by atoms with Crippen LogP contribution in [0.2, 0.25) is 0 Å². The standard InChI is InChI=1S/C14H12F2N2O2/c1-7-3-8(10(6-18-7)14(17)19)9-4-11(15)12(16)5-13(9)20-2/h3-6H,1-2H3,(H2,17,19). The van der Waals surface area contributed by atoms with E-state index in [1.165, 1.54) is 13.3 Å². The second-order valence-electron chi connectivity index (χ2n) is 4.20. The summed E-state index contributed by atoms with van der Waals surface area (Å²) < 4.78 is 31.7. The predicted molar refractivity (Wildman–Crippen MR) is 69.4 cm³/mol. The number of aryl methyl sites for hydroxylation is 1. The first-order valence-electron chi connectivity index (χ1n) is 5.74. The molecule has 0 fully saturated rings. The molecule has 0 aliphatic heterocycles. The molecule has 6 heteroatoms. The number of amides is 1. The summed E-state index contributed by atoms with van der Waals surface area (Å²) in [6, 6.07) is 3.45. The van der Waals surface area contributed by atoms with Gasteiger partial charge in [-0.25, -0.2) is 8.78 Å². The van der Waals surface area contributed by atoms with Gasteiger partial charge in [0.25, 0.3) is 5.91 Å². The lowest BCUT2D eigenvalue weighted by atomic mass is 9.99. The highest BCUT2D eigenvalue weighted by atomic mass is 19.2. The minimum absolute atomic E-state index is 0.108. The molecule has 0 spiro atoms. The third kappa shape index (κ3) is 2.45. The van der Waals surface area contributed by atoms with Gasteiger partial charge in [0.2, 0.25) is 0 Å². The number of ether oxygens (including phenoxy) is 1. The van der Waals surface area contributed by atoms with E-state index >= 15 is 0 Å². The zero-order valence-corrected chi connectivity index (χ0v) is 10.9. The minimum Gasteiger partial charge on any atom is -0.496 e. The van der Waals surface area contributed by atoms with Gasteiger partial charge in [-0.2, -0.15) is 0 Å². The van der Waals surface area contributed by atoms with Crippen molar-refractivity contribution in [3.63, 3.8) is 0 Å². The fraction of sp³-hybridized carbons (Fsp3) is 0.143. The number of hydrogen-bond donors (Lipinski definition) is 1. The largest absolute Gasteiger partial charge is 0.496 e. The number of rotatable bonds is 3. The molecule has 0 radical (unpaired) electrons. The number of nitrogens with two attached hydrogens (primary N) is 1. The Morgan fingerprint density at radius 3 is 2.45 bits per heavy atom. The van der Waals surface area contributed by atoms with Crippen LogP contribution in [0.25, 0.3) is 11.1 Å². The SMILES string of the molecule is COc1cc(F)c(F)cc1-c1cc(C)ncc1C(N)=O. The average molecular weight is 278 g/mol. The third-order valence-electron chi connectivity index (χ3n) is 2.84. The maximum Gasteiger partial charge on any atom is 0.250 e. The Labute approximate surface area is 114 Å². The van der Waals surface area contributed by atoms with Gasteiger partial charge in [0.05, 0.1) is 12.7 Å². The molecule has 0 atom stereocenters. The van der Waals surface area contributed by atoms with Crippen molar-refractivity contribution in [1.82, 2.24) is 4.98 Å². The van der Waals surface area contributed by atoms with Crippen LogP contribution in [0.4, 0.5) is 8.78 Å². The molecular weight excluding hydrogens is 266 g/mol. The van der Waals surface area contributed by atoms with Crippen molar-refractivity contribution in [3.05, 3.63) is 47.3 Å². The van der Waals surface area contributed by atoms with Crippen molar-refractivity contribution in [2.45, 2.75) is 6.92 Å². The molecule has 4 nitrogen and oxygen atoms in total. The third-order valence-corrected chi connectivity index (χ3v) is 2.84. The van der Waals surface area contributed by atoms with Gasteiger partial charge in [-0.3, -0.25) is 9.78 Å². The molecule has 1 heterocycles. The Balaban J connectivity index is 2.76. The summed E-state index contributed by atoms with van der Waals surface area (Å²) in [5, 5.41) is 0. The van der Waals surface area contributed by atoms with E-state index < -0.39 is 17.5 Å². The van der Waals surface area contributed by atoms with Crippen molar-refractivity contribution in [3.8, 4) is 16.9 Å². The van der Waals surface area contributed by atoms with Crippen LogP contribution in [-0.4, -0.2) is 18.0 Å². The van der Waals surface area contributed by atoms with Gasteiger partial charge in [0.1, 0.15) is 5.75 Å². The topological polar surface area (TPSA) is 65.2 Å². The number of pyridine rings is 1. The molecule has 2 N–H and O–H groups in total. The van der Waals surface area contributed by atoms with Crippen molar-refractivity contribution in [2.24, 2.45) is 5.73 Å². The van der Waals surface area contributed by atoms with Gasteiger partial charge in [-0.1, -0.05) is 0 Å². The first kappa shape index (κ1) is 13.9. The molecule has 0 saturated heterocycles. The van der Waals surface area contributed by atoms with Gasteiger partial charge >= 0.3 is 0 Å². The lowest BCUT2D eigenvalue weighted by Crippen LogP contribution is -2.13. The van der Waals surface area contributed by atoms with Gasteiger partial charge < -0.3 is 10.5 Å². The summed E-state index contributed by atoms with van der Waals surface area (Å²) in [6.07, 6.45) is 1.30. The summed E-state index contributed by atoms with van der Waals surface area (Å²) in [4.78, 5) is 15.4. The fourth-order valence-corrected chi connectivity index (χ4v) is 1.89. The second kappa shape index (κ2) is 5.24. The number of carbonyl (C=O) groups excluding carboxylic acids is 1. The van der Waals surface area contributed by atoms with E-state index in [0.717, 1.165) is 12.1 Å². The van der Waals surface area contributed by atoms with E-state index in [1.807, 2.05) is 0 Å². The fourth-order valence-electron chi connectivity index (χ4n) is 1.89. The number of benzene rings is 1. The molecule has 2 rings (SSSR count). The average Bonchev–Trinajstić information content (AvgIpc) is 2.40. The molecule has 0 aliphatic carbocycles. The van der Waals surface area contributed by atoms with Crippen LogP contribution in [0.15, 0.2) is 24.4 Å². The summed E-state index contributed by atoms with van der Waals surface area (Å²) >= 11 is 0. The zero-order valence-electron chi connectivity index (χ0n) is 10.9. The van der Waals surface area contributed by atoms with E-state index in [1.54, 1.807) is 13.0 Å². The van der Waals surface area contributed by atoms with Crippen LogP contribution in [0.3, 0.4) is 0 Å². The molecule has 20 heavy (non-hydrogen) atoms.